The van der Waals surface area contributed by atoms with Gasteiger partial charge in [-0.3, -0.25) is 4.79 Å². The number of hydrogen-bond donors (Lipinski definition) is 2. The van der Waals surface area contributed by atoms with Gasteiger partial charge in [-0.25, -0.2) is 4.79 Å². The number of esters is 1. The maximum Gasteiger partial charge on any atom is 0.327 e. The minimum atomic E-state index is -0.453. The molecule has 1 aromatic carbocycles. The lowest BCUT2D eigenvalue weighted by molar-refractivity contribution is -0.141. The molecule has 5 nitrogen and oxygen atoms in total. The SMILES string of the molecule is COC(=O)[C@H](C)Nc1ccccc1SCC(N)=O. The molecule has 18 heavy (non-hydrogen) atoms. The summed E-state index contributed by atoms with van der Waals surface area (Å²) < 4.78 is 4.64. The number of methoxy groups -OCH3 is 1. The molecule has 0 aromatic heterocycles. The summed E-state index contributed by atoms with van der Waals surface area (Å²) >= 11 is 1.33. The van der Waals surface area contributed by atoms with Gasteiger partial charge in [-0.15, -0.1) is 11.8 Å². The summed E-state index contributed by atoms with van der Waals surface area (Å²) in [7, 11) is 1.34. The number of primary amides is 1. The third kappa shape index (κ3) is 4.29. The van der Waals surface area contributed by atoms with E-state index in [4.69, 9.17) is 5.73 Å². The molecule has 1 amide bonds. The van der Waals surface area contributed by atoms with E-state index in [0.29, 0.717) is 0 Å². The Morgan fingerprint density at radius 2 is 2.11 bits per heavy atom. The summed E-state index contributed by atoms with van der Waals surface area (Å²) in [5, 5.41) is 3.04. The predicted octanol–water partition coefficient (Wildman–Crippen LogP) is 1.24. The fourth-order valence-electron chi connectivity index (χ4n) is 1.33. The molecule has 0 saturated heterocycles. The van der Waals surface area contributed by atoms with Crippen LogP contribution in [0.5, 0.6) is 0 Å². The van der Waals surface area contributed by atoms with Gasteiger partial charge in [0.15, 0.2) is 0 Å². The van der Waals surface area contributed by atoms with Gasteiger partial charge in [-0.2, -0.15) is 0 Å². The summed E-state index contributed by atoms with van der Waals surface area (Å²) in [5.74, 6) is -0.522. The second-order valence-corrected chi connectivity index (χ2v) is 4.66. The van der Waals surface area contributed by atoms with Gasteiger partial charge in [0.1, 0.15) is 6.04 Å². The lowest BCUT2D eigenvalue weighted by Gasteiger charge is -2.15. The summed E-state index contributed by atoms with van der Waals surface area (Å²) in [6, 6.07) is 6.95. The zero-order valence-electron chi connectivity index (χ0n) is 10.3. The van der Waals surface area contributed by atoms with Crippen molar-refractivity contribution in [1.29, 1.82) is 0 Å². The summed E-state index contributed by atoms with van der Waals surface area (Å²) in [6.07, 6.45) is 0. The smallest absolute Gasteiger partial charge is 0.327 e. The number of para-hydroxylation sites is 1. The van der Waals surface area contributed by atoms with Gasteiger partial charge >= 0.3 is 5.97 Å². The van der Waals surface area contributed by atoms with Crippen molar-refractivity contribution in [3.63, 3.8) is 0 Å². The molecular weight excluding hydrogens is 252 g/mol. The van der Waals surface area contributed by atoms with E-state index in [-0.39, 0.29) is 17.6 Å². The highest BCUT2D eigenvalue weighted by Crippen LogP contribution is 2.27. The molecule has 1 rings (SSSR count). The normalized spacial score (nSPS) is 11.7. The molecule has 0 bridgehead atoms. The number of hydrogen-bond acceptors (Lipinski definition) is 5. The Hall–Kier alpha value is -1.69. The lowest BCUT2D eigenvalue weighted by atomic mass is 10.2. The minimum absolute atomic E-state index is 0.200. The topological polar surface area (TPSA) is 81.4 Å². The molecule has 6 heteroatoms. The van der Waals surface area contributed by atoms with Crippen LogP contribution in [0.4, 0.5) is 5.69 Å². The molecular formula is C12H16N2O3S. The Kier molecular flexibility index (Phi) is 5.51. The highest BCUT2D eigenvalue weighted by Gasteiger charge is 2.14. The highest BCUT2D eigenvalue weighted by molar-refractivity contribution is 8.00. The van der Waals surface area contributed by atoms with E-state index in [1.807, 2.05) is 24.3 Å². The Balaban J connectivity index is 2.75. The number of rotatable bonds is 6. The van der Waals surface area contributed by atoms with Crippen molar-refractivity contribution in [3.8, 4) is 0 Å². The van der Waals surface area contributed by atoms with Crippen LogP contribution in [0.3, 0.4) is 0 Å². The number of benzene rings is 1. The van der Waals surface area contributed by atoms with Gasteiger partial charge in [0, 0.05) is 10.6 Å². The van der Waals surface area contributed by atoms with E-state index in [1.54, 1.807) is 6.92 Å². The van der Waals surface area contributed by atoms with E-state index in [1.165, 1.54) is 18.9 Å². The van der Waals surface area contributed by atoms with Crippen molar-refractivity contribution < 1.29 is 14.3 Å². The lowest BCUT2D eigenvalue weighted by Crippen LogP contribution is -2.27. The number of carbonyl (C=O) groups is 2. The molecule has 98 valence electrons. The molecule has 0 aliphatic rings. The zero-order valence-corrected chi connectivity index (χ0v) is 11.1. The average Bonchev–Trinajstić information content (AvgIpc) is 2.36. The Morgan fingerprint density at radius 3 is 2.72 bits per heavy atom. The van der Waals surface area contributed by atoms with Crippen LogP contribution >= 0.6 is 11.8 Å². The molecule has 0 heterocycles. The second-order valence-electron chi connectivity index (χ2n) is 3.64. The van der Waals surface area contributed by atoms with Crippen molar-refractivity contribution in [2.45, 2.75) is 17.9 Å². The average molecular weight is 268 g/mol. The molecule has 0 aliphatic carbocycles. The van der Waals surface area contributed by atoms with Gasteiger partial charge in [-0.1, -0.05) is 12.1 Å². The fraction of sp³-hybridized carbons (Fsp3) is 0.333. The number of nitrogens with two attached hydrogens (primary N) is 1. The number of amides is 1. The van der Waals surface area contributed by atoms with Crippen LogP contribution in [0.25, 0.3) is 0 Å². The van der Waals surface area contributed by atoms with Gasteiger partial charge in [0.05, 0.1) is 12.9 Å². The van der Waals surface area contributed by atoms with Crippen LogP contribution in [-0.4, -0.2) is 30.8 Å². The molecule has 3 N–H and O–H groups in total. The third-order valence-electron chi connectivity index (χ3n) is 2.18. The molecule has 1 atom stereocenters. The Labute approximate surface area is 110 Å². The van der Waals surface area contributed by atoms with E-state index < -0.39 is 6.04 Å². The highest BCUT2D eigenvalue weighted by atomic mass is 32.2. The van der Waals surface area contributed by atoms with Crippen LogP contribution in [0.2, 0.25) is 0 Å². The monoisotopic (exact) mass is 268 g/mol. The van der Waals surface area contributed by atoms with Gasteiger partial charge in [-0.05, 0) is 19.1 Å². The van der Waals surface area contributed by atoms with Crippen molar-refractivity contribution in [1.82, 2.24) is 0 Å². The fourth-order valence-corrected chi connectivity index (χ4v) is 2.08. The number of nitrogens with one attached hydrogen (secondary N) is 1. The van der Waals surface area contributed by atoms with Crippen molar-refractivity contribution in [3.05, 3.63) is 24.3 Å². The van der Waals surface area contributed by atoms with Crippen LogP contribution in [0.1, 0.15) is 6.92 Å². The maximum atomic E-state index is 11.3. The van der Waals surface area contributed by atoms with Crippen LogP contribution in [0, 0.1) is 0 Å². The van der Waals surface area contributed by atoms with E-state index in [2.05, 4.69) is 10.1 Å². The third-order valence-corrected chi connectivity index (χ3v) is 3.28. The van der Waals surface area contributed by atoms with Gasteiger partial charge in [0.2, 0.25) is 5.91 Å². The molecule has 0 unspecified atom stereocenters. The number of thioether (sulfide) groups is 1. The number of ether oxygens (including phenoxy) is 1. The van der Waals surface area contributed by atoms with Crippen LogP contribution < -0.4 is 11.1 Å². The molecule has 1 aromatic rings. The Bertz CT molecular complexity index is 437. The quantitative estimate of drug-likeness (QED) is 0.599. The molecule has 0 radical (unpaired) electrons. The number of anilines is 1. The van der Waals surface area contributed by atoms with Crippen molar-refractivity contribution >= 4 is 29.3 Å². The van der Waals surface area contributed by atoms with Crippen molar-refractivity contribution in [2.75, 3.05) is 18.2 Å². The molecule has 0 spiro atoms. The van der Waals surface area contributed by atoms with E-state index in [0.717, 1.165) is 10.6 Å². The van der Waals surface area contributed by atoms with E-state index >= 15 is 0 Å². The maximum absolute atomic E-state index is 11.3. The Morgan fingerprint density at radius 1 is 1.44 bits per heavy atom. The summed E-state index contributed by atoms with van der Waals surface area (Å²) in [4.78, 5) is 23.0. The first kappa shape index (κ1) is 14.4. The van der Waals surface area contributed by atoms with Gasteiger partial charge < -0.3 is 15.8 Å². The predicted molar refractivity (Wildman–Crippen MR) is 71.5 cm³/mol. The first-order chi connectivity index (χ1) is 8.54. The largest absolute Gasteiger partial charge is 0.467 e. The zero-order chi connectivity index (χ0) is 13.5. The number of carbonyl (C=O) groups excluding carboxylic acids is 2. The first-order valence-electron chi connectivity index (χ1n) is 5.39. The second kappa shape index (κ2) is 6.90. The molecule has 0 saturated carbocycles. The molecule has 0 fully saturated rings. The minimum Gasteiger partial charge on any atom is -0.467 e. The van der Waals surface area contributed by atoms with Gasteiger partial charge in [0.25, 0.3) is 0 Å². The molecule has 0 aliphatic heterocycles. The summed E-state index contributed by atoms with van der Waals surface area (Å²) in [6.45, 7) is 1.71. The summed E-state index contributed by atoms with van der Waals surface area (Å²) in [5.41, 5.74) is 5.89. The van der Waals surface area contributed by atoms with E-state index in [9.17, 15) is 9.59 Å². The van der Waals surface area contributed by atoms with Crippen LogP contribution in [0.15, 0.2) is 29.2 Å². The first-order valence-corrected chi connectivity index (χ1v) is 6.37. The van der Waals surface area contributed by atoms with Crippen LogP contribution in [-0.2, 0) is 14.3 Å². The van der Waals surface area contributed by atoms with Crippen molar-refractivity contribution in [2.24, 2.45) is 5.73 Å². The standard InChI is InChI=1S/C12H16N2O3S/c1-8(12(16)17-2)14-9-5-3-4-6-10(9)18-7-11(13)15/h3-6,8,14H,7H2,1-2H3,(H2,13,15)/t8-/m0/s1.